The minimum atomic E-state index is -0.499. The maximum atomic E-state index is 12.0. The molecule has 0 spiro atoms. The van der Waals surface area contributed by atoms with Crippen molar-refractivity contribution in [2.24, 2.45) is 5.92 Å². The van der Waals surface area contributed by atoms with Gasteiger partial charge in [-0.05, 0) is 31.9 Å². The van der Waals surface area contributed by atoms with Crippen LogP contribution in [-0.4, -0.2) is 37.6 Å². The minimum absolute atomic E-state index is 0.118. The van der Waals surface area contributed by atoms with Crippen LogP contribution in [0.25, 0.3) is 0 Å². The van der Waals surface area contributed by atoms with Crippen LogP contribution in [0.15, 0.2) is 30.3 Å². The molecule has 5 heteroatoms. The molecule has 1 fully saturated rings. The molecule has 5 nitrogen and oxygen atoms in total. The van der Waals surface area contributed by atoms with Gasteiger partial charge >= 0.3 is 5.97 Å². The summed E-state index contributed by atoms with van der Waals surface area (Å²) in [4.78, 5) is 23.9. The molecule has 1 aromatic rings. The summed E-state index contributed by atoms with van der Waals surface area (Å²) >= 11 is 0. The van der Waals surface area contributed by atoms with E-state index >= 15 is 0 Å². The summed E-state index contributed by atoms with van der Waals surface area (Å²) < 4.78 is 5.07. The first-order chi connectivity index (χ1) is 10.2. The van der Waals surface area contributed by atoms with Gasteiger partial charge in [-0.2, -0.15) is 0 Å². The highest BCUT2D eigenvalue weighted by atomic mass is 16.5. The van der Waals surface area contributed by atoms with Crippen molar-refractivity contribution >= 4 is 11.9 Å². The molecule has 1 aliphatic rings. The molecule has 1 amide bonds. The normalized spacial score (nSPS) is 21.7. The molecule has 0 aromatic heterocycles. The van der Waals surface area contributed by atoms with Gasteiger partial charge in [-0.15, -0.1) is 0 Å². The van der Waals surface area contributed by atoms with Crippen molar-refractivity contribution in [2.75, 3.05) is 19.7 Å². The van der Waals surface area contributed by atoms with Gasteiger partial charge < -0.3 is 15.4 Å². The summed E-state index contributed by atoms with van der Waals surface area (Å²) in [6.07, 6.45) is 1.44. The molecule has 0 radical (unpaired) electrons. The van der Waals surface area contributed by atoms with E-state index in [9.17, 15) is 9.59 Å². The molecule has 0 bridgehead atoms. The van der Waals surface area contributed by atoms with Crippen LogP contribution in [0.4, 0.5) is 0 Å². The van der Waals surface area contributed by atoms with E-state index in [1.807, 2.05) is 30.3 Å². The molecule has 0 saturated carbocycles. The molecular weight excluding hydrogens is 268 g/mol. The number of esters is 1. The SMILES string of the molecule is CCOC(=O)C1CCNC(=O)C1NCCc1ccccc1. The smallest absolute Gasteiger partial charge is 0.311 e. The molecule has 1 heterocycles. The standard InChI is InChI=1S/C16H22N2O3/c1-2-21-16(20)13-9-11-18-15(19)14(13)17-10-8-12-6-4-3-5-7-12/h3-7,13-14,17H,2,8-11H2,1H3,(H,18,19). The molecule has 2 N–H and O–H groups in total. The minimum Gasteiger partial charge on any atom is -0.466 e. The lowest BCUT2D eigenvalue weighted by Crippen LogP contribution is -2.56. The Hall–Kier alpha value is -1.88. The van der Waals surface area contributed by atoms with Crippen LogP contribution in [0.5, 0.6) is 0 Å². The third-order valence-corrected chi connectivity index (χ3v) is 3.65. The van der Waals surface area contributed by atoms with Gasteiger partial charge in [0.1, 0.15) is 6.04 Å². The van der Waals surface area contributed by atoms with E-state index in [0.717, 1.165) is 6.42 Å². The zero-order chi connectivity index (χ0) is 15.1. The average Bonchev–Trinajstić information content (AvgIpc) is 2.50. The molecular formula is C16H22N2O3. The molecule has 1 aliphatic heterocycles. The van der Waals surface area contributed by atoms with Gasteiger partial charge in [0.05, 0.1) is 12.5 Å². The monoisotopic (exact) mass is 290 g/mol. The second-order valence-corrected chi connectivity index (χ2v) is 5.11. The van der Waals surface area contributed by atoms with Crippen LogP contribution in [0.3, 0.4) is 0 Å². The first kappa shape index (κ1) is 15.5. The van der Waals surface area contributed by atoms with Crippen LogP contribution in [-0.2, 0) is 20.7 Å². The fourth-order valence-corrected chi connectivity index (χ4v) is 2.57. The fourth-order valence-electron chi connectivity index (χ4n) is 2.57. The van der Waals surface area contributed by atoms with E-state index in [0.29, 0.717) is 26.1 Å². The second kappa shape index (κ2) is 7.78. The largest absolute Gasteiger partial charge is 0.466 e. The van der Waals surface area contributed by atoms with Gasteiger partial charge in [-0.25, -0.2) is 0 Å². The van der Waals surface area contributed by atoms with Crippen molar-refractivity contribution in [1.82, 2.24) is 10.6 Å². The van der Waals surface area contributed by atoms with Gasteiger partial charge in [-0.1, -0.05) is 30.3 Å². The van der Waals surface area contributed by atoms with Crippen molar-refractivity contribution in [3.05, 3.63) is 35.9 Å². The van der Waals surface area contributed by atoms with Crippen molar-refractivity contribution in [3.8, 4) is 0 Å². The molecule has 2 atom stereocenters. The number of benzene rings is 1. The van der Waals surface area contributed by atoms with Crippen molar-refractivity contribution in [2.45, 2.75) is 25.8 Å². The summed E-state index contributed by atoms with van der Waals surface area (Å²) in [7, 11) is 0. The number of hydrogen-bond acceptors (Lipinski definition) is 4. The van der Waals surface area contributed by atoms with Gasteiger partial charge in [0.15, 0.2) is 0 Å². The maximum Gasteiger partial charge on any atom is 0.311 e. The Morgan fingerprint density at radius 2 is 2.14 bits per heavy atom. The summed E-state index contributed by atoms with van der Waals surface area (Å²) in [5.74, 6) is -0.800. The molecule has 114 valence electrons. The van der Waals surface area contributed by atoms with E-state index < -0.39 is 12.0 Å². The van der Waals surface area contributed by atoms with Crippen molar-refractivity contribution < 1.29 is 14.3 Å². The quantitative estimate of drug-likeness (QED) is 0.764. The third kappa shape index (κ3) is 4.29. The van der Waals surface area contributed by atoms with E-state index in [2.05, 4.69) is 10.6 Å². The number of amides is 1. The lowest BCUT2D eigenvalue weighted by Gasteiger charge is -2.30. The fraction of sp³-hybridized carbons (Fsp3) is 0.500. The van der Waals surface area contributed by atoms with Gasteiger partial charge in [0.25, 0.3) is 0 Å². The Balaban J connectivity index is 1.90. The summed E-state index contributed by atoms with van der Waals surface area (Å²) in [6, 6.07) is 9.55. The van der Waals surface area contributed by atoms with Gasteiger partial charge in [-0.3, -0.25) is 9.59 Å². The van der Waals surface area contributed by atoms with E-state index in [-0.39, 0.29) is 11.9 Å². The van der Waals surface area contributed by atoms with Crippen LogP contribution < -0.4 is 10.6 Å². The second-order valence-electron chi connectivity index (χ2n) is 5.11. The van der Waals surface area contributed by atoms with E-state index in [1.54, 1.807) is 6.92 Å². The highest BCUT2D eigenvalue weighted by molar-refractivity contribution is 5.89. The number of hydrogen-bond donors (Lipinski definition) is 2. The zero-order valence-electron chi connectivity index (χ0n) is 12.3. The molecule has 1 aromatic carbocycles. The molecule has 1 saturated heterocycles. The Bertz CT molecular complexity index is 476. The van der Waals surface area contributed by atoms with Crippen LogP contribution in [0.2, 0.25) is 0 Å². The molecule has 2 unspecified atom stereocenters. The Morgan fingerprint density at radius 1 is 1.38 bits per heavy atom. The summed E-state index contributed by atoms with van der Waals surface area (Å²) in [5.41, 5.74) is 1.20. The van der Waals surface area contributed by atoms with E-state index in [4.69, 9.17) is 4.74 Å². The lowest BCUT2D eigenvalue weighted by molar-refractivity contribution is -0.152. The zero-order valence-corrected chi connectivity index (χ0v) is 12.3. The molecule has 2 rings (SSSR count). The number of piperidine rings is 1. The average molecular weight is 290 g/mol. The molecule has 0 aliphatic carbocycles. The number of carbonyl (C=O) groups excluding carboxylic acids is 2. The predicted molar refractivity (Wildman–Crippen MR) is 79.7 cm³/mol. The highest BCUT2D eigenvalue weighted by Gasteiger charge is 2.37. The lowest BCUT2D eigenvalue weighted by atomic mass is 9.92. The van der Waals surface area contributed by atoms with E-state index in [1.165, 1.54) is 5.56 Å². The first-order valence-corrected chi connectivity index (χ1v) is 7.44. The highest BCUT2D eigenvalue weighted by Crippen LogP contribution is 2.15. The predicted octanol–water partition coefficient (Wildman–Crippen LogP) is 0.887. The summed E-state index contributed by atoms with van der Waals surface area (Å²) in [5, 5.41) is 5.99. The van der Waals surface area contributed by atoms with Crippen molar-refractivity contribution in [3.63, 3.8) is 0 Å². The Labute approximate surface area is 125 Å². The van der Waals surface area contributed by atoms with Crippen LogP contribution >= 0.6 is 0 Å². The molecule has 21 heavy (non-hydrogen) atoms. The Kier molecular flexibility index (Phi) is 5.75. The van der Waals surface area contributed by atoms with Crippen LogP contribution in [0, 0.1) is 5.92 Å². The maximum absolute atomic E-state index is 12.0. The summed E-state index contributed by atoms with van der Waals surface area (Å²) in [6.45, 7) is 3.30. The number of rotatable bonds is 6. The first-order valence-electron chi connectivity index (χ1n) is 7.44. The van der Waals surface area contributed by atoms with Crippen molar-refractivity contribution in [1.29, 1.82) is 0 Å². The van der Waals surface area contributed by atoms with Crippen LogP contribution in [0.1, 0.15) is 18.9 Å². The van der Waals surface area contributed by atoms with Gasteiger partial charge in [0.2, 0.25) is 5.91 Å². The number of carbonyl (C=O) groups is 2. The third-order valence-electron chi connectivity index (χ3n) is 3.65. The number of nitrogens with one attached hydrogen (secondary N) is 2. The topological polar surface area (TPSA) is 67.4 Å². The Morgan fingerprint density at radius 3 is 2.86 bits per heavy atom. The number of ether oxygens (including phenoxy) is 1. The van der Waals surface area contributed by atoms with Gasteiger partial charge in [0, 0.05) is 6.54 Å².